The van der Waals surface area contributed by atoms with E-state index >= 15 is 0 Å². The Morgan fingerprint density at radius 1 is 1.09 bits per heavy atom. The van der Waals surface area contributed by atoms with Crippen LogP contribution in [0.4, 0.5) is 13.2 Å². The molecule has 1 aliphatic heterocycles. The van der Waals surface area contributed by atoms with Crippen LogP contribution in [0.5, 0.6) is 5.75 Å². The second-order valence-electron chi connectivity index (χ2n) is 9.12. The number of nitrogens with zero attached hydrogens (tertiary/aromatic N) is 2. The van der Waals surface area contributed by atoms with Gasteiger partial charge in [-0.05, 0) is 42.5 Å². The summed E-state index contributed by atoms with van der Waals surface area (Å²) in [5.74, 6) is -1.92. The number of hydrazone groups is 1. The van der Waals surface area contributed by atoms with E-state index in [0.717, 1.165) is 11.1 Å². The summed E-state index contributed by atoms with van der Waals surface area (Å²) in [5, 5.41) is 14.7. The Morgan fingerprint density at radius 2 is 1.73 bits per heavy atom. The van der Waals surface area contributed by atoms with Gasteiger partial charge in [0.15, 0.2) is 6.61 Å². The Balaban J connectivity index is 1.47. The maximum atomic E-state index is 13.8. The second kappa shape index (κ2) is 8.48. The third-order valence-electron chi connectivity index (χ3n) is 6.70. The molecule has 1 amide bonds. The first kappa shape index (κ1) is 23.3. The zero-order valence-electron chi connectivity index (χ0n) is 18.6. The standard InChI is InChI=1S/C25H27F3N2O3/c1-23(2,17-8-4-3-5-9-17)18-12-14-19(15-13-18)33-16-22(31)30-24(32,25(26,27)28)20-10-6-7-11-21(20)29-30/h3-5,8-9,12-15,20,32H,6-7,10-11,16H2,1-2H3/t20-,24+/m1/s1. The first-order valence-electron chi connectivity index (χ1n) is 11.0. The number of carbonyl (C=O) groups excluding carboxylic acids is 1. The van der Waals surface area contributed by atoms with Crippen molar-refractivity contribution in [3.8, 4) is 5.75 Å². The Labute approximate surface area is 190 Å². The Morgan fingerprint density at radius 3 is 2.36 bits per heavy atom. The van der Waals surface area contributed by atoms with Crippen molar-refractivity contribution >= 4 is 11.6 Å². The Kier molecular flexibility index (Phi) is 5.99. The van der Waals surface area contributed by atoms with Gasteiger partial charge in [0.1, 0.15) is 5.75 Å². The van der Waals surface area contributed by atoms with Crippen LogP contribution in [0, 0.1) is 5.92 Å². The minimum Gasteiger partial charge on any atom is -0.484 e. The fourth-order valence-corrected chi connectivity index (χ4v) is 4.66. The Hall–Kier alpha value is -2.87. The van der Waals surface area contributed by atoms with Crippen LogP contribution < -0.4 is 4.74 Å². The molecule has 2 aliphatic rings. The van der Waals surface area contributed by atoms with Gasteiger partial charge in [-0.3, -0.25) is 4.79 Å². The summed E-state index contributed by atoms with van der Waals surface area (Å²) >= 11 is 0. The molecular formula is C25H27F3N2O3. The van der Waals surface area contributed by atoms with Crippen molar-refractivity contribution in [3.63, 3.8) is 0 Å². The topological polar surface area (TPSA) is 62.1 Å². The van der Waals surface area contributed by atoms with Crippen molar-refractivity contribution in [2.45, 2.75) is 56.8 Å². The lowest BCUT2D eigenvalue weighted by atomic mass is 9.78. The first-order valence-corrected chi connectivity index (χ1v) is 11.0. The number of alkyl halides is 3. The number of fused-ring (bicyclic) bond motifs is 1. The molecule has 2 atom stereocenters. The van der Waals surface area contributed by atoms with Crippen LogP contribution in [0.2, 0.25) is 0 Å². The van der Waals surface area contributed by atoms with Crippen LogP contribution in [0.25, 0.3) is 0 Å². The maximum Gasteiger partial charge on any atom is 0.439 e. The first-order chi connectivity index (χ1) is 15.5. The van der Waals surface area contributed by atoms with Crippen molar-refractivity contribution in [2.24, 2.45) is 11.0 Å². The average Bonchev–Trinajstić information content (AvgIpc) is 3.12. The molecule has 2 aromatic carbocycles. The summed E-state index contributed by atoms with van der Waals surface area (Å²) < 4.78 is 47.0. The van der Waals surface area contributed by atoms with Gasteiger partial charge in [0.2, 0.25) is 0 Å². The summed E-state index contributed by atoms with van der Waals surface area (Å²) in [6.45, 7) is 3.51. The number of benzene rings is 2. The highest BCUT2D eigenvalue weighted by Gasteiger charge is 2.68. The average molecular weight is 460 g/mol. The molecule has 1 heterocycles. The molecule has 0 spiro atoms. The molecule has 1 N–H and O–H groups in total. The smallest absolute Gasteiger partial charge is 0.439 e. The van der Waals surface area contributed by atoms with E-state index < -0.39 is 30.3 Å². The summed E-state index contributed by atoms with van der Waals surface area (Å²) in [6, 6.07) is 17.1. The lowest BCUT2D eigenvalue weighted by molar-refractivity contribution is -0.317. The van der Waals surface area contributed by atoms with Crippen LogP contribution >= 0.6 is 0 Å². The van der Waals surface area contributed by atoms with E-state index in [2.05, 4.69) is 18.9 Å². The maximum absolute atomic E-state index is 13.8. The van der Waals surface area contributed by atoms with E-state index in [-0.39, 0.29) is 22.6 Å². The summed E-state index contributed by atoms with van der Waals surface area (Å²) in [6.07, 6.45) is -3.31. The summed E-state index contributed by atoms with van der Waals surface area (Å²) in [4.78, 5) is 12.7. The van der Waals surface area contributed by atoms with Gasteiger partial charge in [-0.15, -0.1) is 0 Å². The van der Waals surface area contributed by atoms with Gasteiger partial charge in [-0.25, -0.2) is 0 Å². The van der Waals surface area contributed by atoms with E-state index in [4.69, 9.17) is 4.74 Å². The Bertz CT molecular complexity index is 1040. The molecule has 2 aromatic rings. The number of ether oxygens (including phenoxy) is 1. The molecule has 4 rings (SSSR count). The molecule has 8 heteroatoms. The van der Waals surface area contributed by atoms with Gasteiger partial charge in [-0.1, -0.05) is 62.7 Å². The summed E-state index contributed by atoms with van der Waals surface area (Å²) in [7, 11) is 0. The van der Waals surface area contributed by atoms with Gasteiger partial charge < -0.3 is 9.84 Å². The van der Waals surface area contributed by atoms with Crippen molar-refractivity contribution in [1.82, 2.24) is 5.01 Å². The monoisotopic (exact) mass is 460 g/mol. The molecule has 0 aromatic heterocycles. The van der Waals surface area contributed by atoms with Gasteiger partial charge in [0, 0.05) is 11.1 Å². The molecule has 0 bridgehead atoms. The third-order valence-corrected chi connectivity index (χ3v) is 6.70. The van der Waals surface area contributed by atoms with E-state index in [0.29, 0.717) is 25.0 Å². The van der Waals surface area contributed by atoms with Crippen molar-refractivity contribution in [2.75, 3.05) is 6.61 Å². The van der Waals surface area contributed by atoms with Gasteiger partial charge in [0.25, 0.3) is 11.6 Å². The van der Waals surface area contributed by atoms with Gasteiger partial charge >= 0.3 is 6.18 Å². The SMILES string of the molecule is CC(C)(c1ccccc1)c1ccc(OCC(=O)N2N=C3CCCC[C@H]3[C@]2(O)C(F)(F)F)cc1. The van der Waals surface area contributed by atoms with E-state index in [1.165, 1.54) is 0 Å². The van der Waals surface area contributed by atoms with Crippen LogP contribution in [-0.2, 0) is 10.2 Å². The zero-order chi connectivity index (χ0) is 23.9. The third kappa shape index (κ3) is 4.12. The molecule has 1 fully saturated rings. The number of halogens is 3. The van der Waals surface area contributed by atoms with Crippen molar-refractivity contribution < 1.29 is 27.8 Å². The highest BCUT2D eigenvalue weighted by molar-refractivity contribution is 5.93. The highest BCUT2D eigenvalue weighted by atomic mass is 19.4. The van der Waals surface area contributed by atoms with E-state index in [1.54, 1.807) is 12.1 Å². The predicted octanol–water partition coefficient (Wildman–Crippen LogP) is 5.03. The quantitative estimate of drug-likeness (QED) is 0.681. The number of carbonyl (C=O) groups is 1. The van der Waals surface area contributed by atoms with Crippen molar-refractivity contribution in [3.05, 3.63) is 65.7 Å². The zero-order valence-corrected chi connectivity index (χ0v) is 18.6. The molecule has 1 saturated carbocycles. The highest BCUT2D eigenvalue weighted by Crippen LogP contribution is 2.48. The molecule has 1 aliphatic carbocycles. The number of rotatable bonds is 5. The van der Waals surface area contributed by atoms with Crippen molar-refractivity contribution in [1.29, 1.82) is 0 Å². The molecule has 5 nitrogen and oxygen atoms in total. The molecule has 0 unspecified atom stereocenters. The normalized spacial score (nSPS) is 23.2. The van der Waals surface area contributed by atoms with E-state index in [9.17, 15) is 23.1 Å². The number of hydrogen-bond acceptors (Lipinski definition) is 4. The lowest BCUT2D eigenvalue weighted by Crippen LogP contribution is -2.62. The number of aliphatic hydroxyl groups is 1. The van der Waals surface area contributed by atoms with Crippen LogP contribution in [0.15, 0.2) is 59.7 Å². The molecule has 33 heavy (non-hydrogen) atoms. The lowest BCUT2D eigenvalue weighted by Gasteiger charge is -2.38. The van der Waals surface area contributed by atoms with Gasteiger partial charge in [-0.2, -0.15) is 23.3 Å². The fourth-order valence-electron chi connectivity index (χ4n) is 4.66. The summed E-state index contributed by atoms with van der Waals surface area (Å²) in [5.41, 5.74) is -1.21. The molecule has 0 saturated heterocycles. The van der Waals surface area contributed by atoms with Crippen LogP contribution in [0.1, 0.15) is 50.7 Å². The predicted molar refractivity (Wildman–Crippen MR) is 118 cm³/mol. The molecular weight excluding hydrogens is 433 g/mol. The molecule has 0 radical (unpaired) electrons. The van der Waals surface area contributed by atoms with Crippen LogP contribution in [0.3, 0.4) is 0 Å². The minimum absolute atomic E-state index is 0.137. The van der Waals surface area contributed by atoms with E-state index in [1.807, 2.05) is 42.5 Å². The number of hydrogen-bond donors (Lipinski definition) is 1. The number of amides is 1. The van der Waals surface area contributed by atoms with Crippen LogP contribution in [-0.4, -0.2) is 40.2 Å². The largest absolute Gasteiger partial charge is 0.484 e. The second-order valence-corrected chi connectivity index (χ2v) is 9.12. The fraction of sp³-hybridized carbons (Fsp3) is 0.440. The minimum atomic E-state index is -5.03. The molecule has 176 valence electrons. The van der Waals surface area contributed by atoms with Gasteiger partial charge in [0.05, 0.1) is 5.92 Å².